The molecule has 0 spiro atoms. The predicted molar refractivity (Wildman–Crippen MR) is 119 cm³/mol. The van der Waals surface area contributed by atoms with Gasteiger partial charge in [0.05, 0.1) is 18.5 Å². The second-order valence-corrected chi connectivity index (χ2v) is 9.03. The summed E-state index contributed by atoms with van der Waals surface area (Å²) in [4.78, 5) is 34.8. The fourth-order valence-corrected chi connectivity index (χ4v) is 4.93. The Kier molecular flexibility index (Phi) is 6.29. The van der Waals surface area contributed by atoms with Crippen molar-refractivity contribution in [1.29, 1.82) is 0 Å². The quantitative estimate of drug-likeness (QED) is 0.543. The number of fused-ring (bicyclic) bond motifs is 1. The molecule has 1 aliphatic rings. The first-order valence-corrected chi connectivity index (χ1v) is 11.3. The number of ether oxygens (including phenoxy) is 1. The standard InChI is InChI=1S/C23H27N3O3S/c1-16-17(2)30-22-21(16)23(28)26(19(24-22)14-25-11-6-7-12-25)15-20(27)29-13-10-18-8-4-3-5-9-18/h3-5,8-9H,6-7,10-15H2,1-2H3. The fraction of sp³-hybridized carbons (Fsp3) is 0.435. The summed E-state index contributed by atoms with van der Waals surface area (Å²) in [6.45, 7) is 6.72. The lowest BCUT2D eigenvalue weighted by atomic mass is 10.2. The van der Waals surface area contributed by atoms with Gasteiger partial charge in [-0.25, -0.2) is 4.98 Å². The Morgan fingerprint density at radius 1 is 1.17 bits per heavy atom. The number of benzene rings is 1. The van der Waals surface area contributed by atoms with Crippen LogP contribution >= 0.6 is 11.3 Å². The van der Waals surface area contributed by atoms with Crippen LogP contribution in [0.4, 0.5) is 0 Å². The average Bonchev–Trinajstić information content (AvgIpc) is 3.34. The molecule has 3 aromatic rings. The largest absolute Gasteiger partial charge is 0.464 e. The maximum Gasteiger partial charge on any atom is 0.326 e. The number of carbonyl (C=O) groups excluding carboxylic acids is 1. The van der Waals surface area contributed by atoms with Crippen molar-refractivity contribution >= 4 is 27.5 Å². The molecule has 0 radical (unpaired) electrons. The molecule has 0 saturated carbocycles. The minimum Gasteiger partial charge on any atom is -0.464 e. The Hall–Kier alpha value is -2.51. The van der Waals surface area contributed by atoms with Crippen LogP contribution in [0.25, 0.3) is 10.2 Å². The van der Waals surface area contributed by atoms with E-state index in [1.165, 1.54) is 4.57 Å². The number of likely N-dealkylation sites (tertiary alicyclic amines) is 1. The zero-order valence-electron chi connectivity index (χ0n) is 17.5. The first-order valence-electron chi connectivity index (χ1n) is 10.4. The molecular weight excluding hydrogens is 398 g/mol. The van der Waals surface area contributed by atoms with Crippen molar-refractivity contribution in [3.63, 3.8) is 0 Å². The van der Waals surface area contributed by atoms with Crippen molar-refractivity contribution < 1.29 is 9.53 Å². The number of aryl methyl sites for hydroxylation is 2. The van der Waals surface area contributed by atoms with Crippen LogP contribution in [0, 0.1) is 13.8 Å². The normalized spacial score (nSPS) is 14.5. The third-order valence-corrected chi connectivity index (χ3v) is 6.82. The summed E-state index contributed by atoms with van der Waals surface area (Å²) >= 11 is 1.54. The van der Waals surface area contributed by atoms with E-state index in [0.29, 0.717) is 30.8 Å². The summed E-state index contributed by atoms with van der Waals surface area (Å²) in [7, 11) is 0. The smallest absolute Gasteiger partial charge is 0.326 e. The number of hydrogen-bond acceptors (Lipinski definition) is 6. The Labute approximate surface area is 180 Å². The van der Waals surface area contributed by atoms with Gasteiger partial charge in [-0.1, -0.05) is 30.3 Å². The maximum atomic E-state index is 13.3. The van der Waals surface area contributed by atoms with Gasteiger partial charge in [-0.05, 0) is 50.9 Å². The summed E-state index contributed by atoms with van der Waals surface area (Å²) in [6, 6.07) is 9.90. The lowest BCUT2D eigenvalue weighted by Gasteiger charge is -2.18. The van der Waals surface area contributed by atoms with Crippen LogP contribution < -0.4 is 5.56 Å². The summed E-state index contributed by atoms with van der Waals surface area (Å²) < 4.78 is 6.96. The van der Waals surface area contributed by atoms with Crippen LogP contribution in [0.5, 0.6) is 0 Å². The average molecular weight is 426 g/mol. The Bertz CT molecular complexity index is 1100. The number of thiophene rings is 1. The van der Waals surface area contributed by atoms with E-state index < -0.39 is 5.97 Å². The highest BCUT2D eigenvalue weighted by atomic mass is 32.1. The van der Waals surface area contributed by atoms with Gasteiger partial charge < -0.3 is 4.74 Å². The Balaban J connectivity index is 1.55. The fourth-order valence-electron chi connectivity index (χ4n) is 3.90. The van der Waals surface area contributed by atoms with E-state index >= 15 is 0 Å². The molecule has 0 unspecified atom stereocenters. The van der Waals surface area contributed by atoms with Crippen molar-refractivity contribution in [3.05, 3.63) is 62.5 Å². The topological polar surface area (TPSA) is 64.4 Å². The summed E-state index contributed by atoms with van der Waals surface area (Å²) in [5, 5.41) is 0.625. The number of rotatable bonds is 7. The van der Waals surface area contributed by atoms with Gasteiger partial charge in [0, 0.05) is 11.3 Å². The first kappa shape index (κ1) is 20.8. The summed E-state index contributed by atoms with van der Waals surface area (Å²) in [5.74, 6) is 0.247. The third kappa shape index (κ3) is 4.47. The van der Waals surface area contributed by atoms with Gasteiger partial charge in [0.1, 0.15) is 17.2 Å². The SMILES string of the molecule is Cc1sc2nc(CN3CCCC3)n(CC(=O)OCCc3ccccc3)c(=O)c2c1C. The molecule has 3 heterocycles. The molecular formula is C23H27N3O3S. The Morgan fingerprint density at radius 2 is 1.90 bits per heavy atom. The highest BCUT2D eigenvalue weighted by Crippen LogP contribution is 2.26. The number of esters is 1. The third-order valence-electron chi connectivity index (χ3n) is 5.72. The number of aromatic nitrogens is 2. The van der Waals surface area contributed by atoms with Gasteiger partial charge in [0.2, 0.25) is 0 Å². The monoisotopic (exact) mass is 425 g/mol. The molecule has 158 valence electrons. The molecule has 7 heteroatoms. The van der Waals surface area contributed by atoms with E-state index in [0.717, 1.165) is 46.8 Å². The van der Waals surface area contributed by atoms with E-state index in [9.17, 15) is 9.59 Å². The maximum absolute atomic E-state index is 13.3. The van der Waals surface area contributed by atoms with E-state index in [1.54, 1.807) is 11.3 Å². The van der Waals surface area contributed by atoms with Crippen molar-refractivity contribution in [2.75, 3.05) is 19.7 Å². The van der Waals surface area contributed by atoms with E-state index in [2.05, 4.69) is 4.90 Å². The second kappa shape index (κ2) is 9.10. The Morgan fingerprint density at radius 3 is 2.63 bits per heavy atom. The van der Waals surface area contributed by atoms with Crippen LogP contribution in [0.1, 0.15) is 34.7 Å². The van der Waals surface area contributed by atoms with Gasteiger partial charge in [0.25, 0.3) is 5.56 Å². The summed E-state index contributed by atoms with van der Waals surface area (Å²) in [6.07, 6.45) is 2.97. The molecule has 1 aliphatic heterocycles. The minimum atomic E-state index is -0.401. The molecule has 6 nitrogen and oxygen atoms in total. The molecule has 0 amide bonds. The van der Waals surface area contributed by atoms with Crippen LogP contribution in [0.15, 0.2) is 35.1 Å². The molecule has 0 N–H and O–H groups in total. The zero-order chi connectivity index (χ0) is 21.1. The predicted octanol–water partition coefficient (Wildman–Crippen LogP) is 3.46. The second-order valence-electron chi connectivity index (χ2n) is 7.82. The number of nitrogens with zero attached hydrogens (tertiary/aromatic N) is 3. The van der Waals surface area contributed by atoms with Gasteiger partial charge in [0.15, 0.2) is 0 Å². The lowest BCUT2D eigenvalue weighted by molar-refractivity contribution is -0.144. The van der Waals surface area contributed by atoms with Crippen molar-refractivity contribution in [3.8, 4) is 0 Å². The van der Waals surface area contributed by atoms with Crippen LogP contribution in [0.3, 0.4) is 0 Å². The van der Waals surface area contributed by atoms with E-state index in [-0.39, 0.29) is 12.1 Å². The molecule has 0 bridgehead atoms. The van der Waals surface area contributed by atoms with Crippen LogP contribution in [-0.4, -0.2) is 40.1 Å². The van der Waals surface area contributed by atoms with Crippen molar-refractivity contribution in [2.24, 2.45) is 0 Å². The minimum absolute atomic E-state index is 0.103. The molecule has 1 aromatic carbocycles. The molecule has 0 aliphatic carbocycles. The molecule has 30 heavy (non-hydrogen) atoms. The molecule has 1 saturated heterocycles. The molecule has 0 atom stereocenters. The van der Waals surface area contributed by atoms with Gasteiger partial charge >= 0.3 is 5.97 Å². The first-order chi connectivity index (χ1) is 14.5. The van der Waals surface area contributed by atoms with E-state index in [1.807, 2.05) is 44.2 Å². The van der Waals surface area contributed by atoms with Crippen molar-refractivity contribution in [1.82, 2.24) is 14.5 Å². The number of carbonyl (C=O) groups is 1. The van der Waals surface area contributed by atoms with Gasteiger partial charge in [-0.2, -0.15) is 0 Å². The highest BCUT2D eigenvalue weighted by Gasteiger charge is 2.21. The van der Waals surface area contributed by atoms with Crippen LogP contribution in [0.2, 0.25) is 0 Å². The van der Waals surface area contributed by atoms with E-state index in [4.69, 9.17) is 9.72 Å². The van der Waals surface area contributed by atoms with Gasteiger partial charge in [-0.15, -0.1) is 11.3 Å². The summed E-state index contributed by atoms with van der Waals surface area (Å²) in [5.41, 5.74) is 1.92. The molecule has 1 fully saturated rings. The zero-order valence-corrected chi connectivity index (χ0v) is 18.3. The lowest BCUT2D eigenvalue weighted by Crippen LogP contribution is -2.32. The van der Waals surface area contributed by atoms with Crippen LogP contribution in [-0.2, 0) is 29.0 Å². The number of hydrogen-bond donors (Lipinski definition) is 0. The van der Waals surface area contributed by atoms with Gasteiger partial charge in [-0.3, -0.25) is 19.1 Å². The molecule has 2 aromatic heterocycles. The highest BCUT2D eigenvalue weighted by molar-refractivity contribution is 7.18. The van der Waals surface area contributed by atoms with Crippen molar-refractivity contribution in [2.45, 2.75) is 46.2 Å². The molecule has 4 rings (SSSR count).